The normalized spacial score (nSPS) is 15.7. The molecular formula is C8H12FN. The predicted molar refractivity (Wildman–Crippen MR) is 43.0 cm³/mol. The summed E-state index contributed by atoms with van der Waals surface area (Å²) in [7, 11) is 0. The van der Waals surface area contributed by atoms with Crippen molar-refractivity contribution in [2.24, 2.45) is 4.99 Å². The average molecular weight is 141 g/mol. The molecule has 0 bridgehead atoms. The summed E-state index contributed by atoms with van der Waals surface area (Å²) in [5.74, 6) is 0. The number of allylic oxidation sites excluding steroid dienone is 2. The monoisotopic (exact) mass is 141 g/mol. The molecule has 0 spiro atoms. The Hall–Kier alpha value is -0.920. The first kappa shape index (κ1) is 9.08. The van der Waals surface area contributed by atoms with Crippen LogP contribution in [0.5, 0.6) is 0 Å². The van der Waals surface area contributed by atoms with Crippen LogP contribution in [0, 0.1) is 0 Å². The van der Waals surface area contributed by atoms with Crippen molar-refractivity contribution < 1.29 is 4.39 Å². The van der Waals surface area contributed by atoms with Crippen LogP contribution in [0.15, 0.2) is 29.9 Å². The van der Waals surface area contributed by atoms with Gasteiger partial charge in [0.2, 0.25) is 0 Å². The molecule has 1 nitrogen and oxygen atoms in total. The van der Waals surface area contributed by atoms with Gasteiger partial charge in [-0.3, -0.25) is 4.99 Å². The van der Waals surface area contributed by atoms with Gasteiger partial charge in [0, 0.05) is 11.9 Å². The zero-order valence-electron chi connectivity index (χ0n) is 6.34. The smallest absolute Gasteiger partial charge is 0.135 e. The molecule has 0 aliphatic heterocycles. The molecule has 1 unspecified atom stereocenters. The lowest BCUT2D eigenvalue weighted by Gasteiger charge is -1.95. The van der Waals surface area contributed by atoms with Gasteiger partial charge in [-0.25, -0.2) is 4.39 Å². The van der Waals surface area contributed by atoms with Crippen LogP contribution in [-0.4, -0.2) is 11.9 Å². The van der Waals surface area contributed by atoms with Crippen LogP contribution < -0.4 is 0 Å². The van der Waals surface area contributed by atoms with Crippen molar-refractivity contribution in [3.05, 3.63) is 24.9 Å². The van der Waals surface area contributed by atoms with E-state index in [-0.39, 0.29) is 0 Å². The van der Waals surface area contributed by atoms with Gasteiger partial charge in [-0.15, -0.1) is 0 Å². The number of aliphatic imine (C=N–C) groups is 1. The lowest BCUT2D eigenvalue weighted by molar-refractivity contribution is 0.453. The van der Waals surface area contributed by atoms with Crippen LogP contribution in [0.4, 0.5) is 4.39 Å². The van der Waals surface area contributed by atoms with Crippen LogP contribution in [-0.2, 0) is 0 Å². The van der Waals surface area contributed by atoms with E-state index >= 15 is 0 Å². The Balaban J connectivity index is 3.91. The molecule has 0 amide bonds. The number of alkyl halides is 1. The molecule has 0 aromatic rings. The van der Waals surface area contributed by atoms with E-state index < -0.39 is 6.17 Å². The molecule has 0 aromatic carbocycles. The van der Waals surface area contributed by atoms with Gasteiger partial charge in [-0.1, -0.05) is 12.7 Å². The molecule has 2 heteroatoms. The first-order valence-electron chi connectivity index (χ1n) is 3.14. The molecule has 0 fully saturated rings. The van der Waals surface area contributed by atoms with Crippen molar-refractivity contribution in [1.29, 1.82) is 0 Å². The molecule has 0 heterocycles. The Kier molecular flexibility index (Phi) is 4.46. The van der Waals surface area contributed by atoms with E-state index in [0.29, 0.717) is 5.71 Å². The van der Waals surface area contributed by atoms with Gasteiger partial charge in [-0.2, -0.15) is 0 Å². The fourth-order valence-corrected chi connectivity index (χ4v) is 0.324. The third-order valence-electron chi connectivity index (χ3n) is 1.08. The summed E-state index contributed by atoms with van der Waals surface area (Å²) in [6.07, 6.45) is 3.82. The summed E-state index contributed by atoms with van der Waals surface area (Å²) in [4.78, 5) is 3.80. The van der Waals surface area contributed by atoms with Crippen LogP contribution in [0.2, 0.25) is 0 Å². The summed E-state index contributed by atoms with van der Waals surface area (Å²) < 4.78 is 12.3. The van der Waals surface area contributed by atoms with E-state index in [1.807, 2.05) is 0 Å². The van der Waals surface area contributed by atoms with Gasteiger partial charge in [0.05, 0.1) is 0 Å². The molecular weight excluding hydrogens is 129 g/mol. The van der Waals surface area contributed by atoms with Gasteiger partial charge in [-0.05, 0) is 19.9 Å². The van der Waals surface area contributed by atoms with Gasteiger partial charge in [0.1, 0.15) is 6.17 Å². The highest BCUT2D eigenvalue weighted by atomic mass is 19.1. The van der Waals surface area contributed by atoms with Crippen molar-refractivity contribution in [2.75, 3.05) is 0 Å². The minimum absolute atomic E-state index is 0.484. The third kappa shape index (κ3) is 4.01. The summed E-state index contributed by atoms with van der Waals surface area (Å²) >= 11 is 0. The van der Waals surface area contributed by atoms with Crippen LogP contribution >= 0.6 is 0 Å². The zero-order valence-corrected chi connectivity index (χ0v) is 6.34. The zero-order chi connectivity index (χ0) is 7.98. The van der Waals surface area contributed by atoms with Crippen molar-refractivity contribution in [3.63, 3.8) is 0 Å². The molecule has 0 saturated heterocycles. The Labute approximate surface area is 61.0 Å². The average Bonchev–Trinajstić information content (AvgIpc) is 1.88. The van der Waals surface area contributed by atoms with E-state index in [0.717, 1.165) is 0 Å². The minimum atomic E-state index is -0.963. The van der Waals surface area contributed by atoms with Gasteiger partial charge >= 0.3 is 0 Å². The van der Waals surface area contributed by atoms with Gasteiger partial charge in [0.15, 0.2) is 0 Å². The standard InChI is InChI=1S/C8H12FN/c1-4-5-6-10-8(3)7(2)9/h4-7H,1H2,2-3H3/b6-5-,10-8?. The molecule has 56 valence electrons. The second-order valence-electron chi connectivity index (χ2n) is 1.96. The van der Waals surface area contributed by atoms with Crippen LogP contribution in [0.25, 0.3) is 0 Å². The highest BCUT2D eigenvalue weighted by Crippen LogP contribution is 1.92. The van der Waals surface area contributed by atoms with Crippen molar-refractivity contribution in [3.8, 4) is 0 Å². The maximum absolute atomic E-state index is 12.3. The SMILES string of the molecule is C=C/C=C\N=C(C)C(C)F. The van der Waals surface area contributed by atoms with Crippen molar-refractivity contribution in [2.45, 2.75) is 20.0 Å². The number of hydrogen-bond donors (Lipinski definition) is 0. The quantitative estimate of drug-likeness (QED) is 0.423. The fourth-order valence-electron chi connectivity index (χ4n) is 0.324. The number of hydrogen-bond acceptors (Lipinski definition) is 1. The second kappa shape index (κ2) is 4.91. The van der Waals surface area contributed by atoms with Crippen molar-refractivity contribution in [1.82, 2.24) is 0 Å². The topological polar surface area (TPSA) is 12.4 Å². The maximum Gasteiger partial charge on any atom is 0.135 e. The second-order valence-corrected chi connectivity index (χ2v) is 1.96. The molecule has 0 saturated carbocycles. The summed E-state index contributed by atoms with van der Waals surface area (Å²) in [6, 6.07) is 0. The lowest BCUT2D eigenvalue weighted by Crippen LogP contribution is -2.05. The molecule has 0 aliphatic carbocycles. The Morgan fingerprint density at radius 3 is 2.70 bits per heavy atom. The van der Waals surface area contributed by atoms with E-state index in [1.165, 1.54) is 13.1 Å². The summed E-state index contributed by atoms with van der Waals surface area (Å²) in [6.45, 7) is 6.56. The first-order chi connectivity index (χ1) is 4.68. The first-order valence-corrected chi connectivity index (χ1v) is 3.14. The molecule has 0 aliphatic rings. The van der Waals surface area contributed by atoms with Crippen LogP contribution in [0.3, 0.4) is 0 Å². The molecule has 10 heavy (non-hydrogen) atoms. The summed E-state index contributed by atoms with van der Waals surface area (Å²) in [5, 5.41) is 0. The molecule has 0 radical (unpaired) electrons. The third-order valence-corrected chi connectivity index (χ3v) is 1.08. The predicted octanol–water partition coefficient (Wildman–Crippen LogP) is 2.51. The number of halogens is 1. The Bertz CT molecular complexity index is 157. The van der Waals surface area contributed by atoms with E-state index in [2.05, 4.69) is 11.6 Å². The van der Waals surface area contributed by atoms with Crippen molar-refractivity contribution >= 4 is 5.71 Å². The highest BCUT2D eigenvalue weighted by molar-refractivity contribution is 5.86. The molecule has 0 rings (SSSR count). The summed E-state index contributed by atoms with van der Waals surface area (Å²) in [5.41, 5.74) is 0.484. The van der Waals surface area contributed by atoms with Gasteiger partial charge < -0.3 is 0 Å². The minimum Gasteiger partial charge on any atom is -0.263 e. The Morgan fingerprint density at radius 2 is 2.30 bits per heavy atom. The maximum atomic E-state index is 12.3. The lowest BCUT2D eigenvalue weighted by atomic mass is 10.3. The van der Waals surface area contributed by atoms with Gasteiger partial charge in [0.25, 0.3) is 0 Å². The number of nitrogens with zero attached hydrogens (tertiary/aromatic N) is 1. The number of rotatable bonds is 3. The highest BCUT2D eigenvalue weighted by Gasteiger charge is 1.98. The van der Waals surface area contributed by atoms with E-state index in [1.54, 1.807) is 19.1 Å². The van der Waals surface area contributed by atoms with Crippen LogP contribution in [0.1, 0.15) is 13.8 Å². The Morgan fingerprint density at radius 1 is 1.70 bits per heavy atom. The fraction of sp³-hybridized carbons (Fsp3) is 0.375. The van der Waals surface area contributed by atoms with E-state index in [9.17, 15) is 4.39 Å². The molecule has 0 aromatic heterocycles. The molecule has 1 atom stereocenters. The molecule has 0 N–H and O–H groups in total. The van der Waals surface area contributed by atoms with E-state index in [4.69, 9.17) is 0 Å². The largest absolute Gasteiger partial charge is 0.263 e.